The summed E-state index contributed by atoms with van der Waals surface area (Å²) >= 11 is 0. The van der Waals surface area contributed by atoms with Gasteiger partial charge in [-0.25, -0.2) is 13.8 Å². The lowest BCUT2D eigenvalue weighted by Crippen LogP contribution is -2.40. The molecule has 1 unspecified atom stereocenters. The van der Waals surface area contributed by atoms with Gasteiger partial charge in [0, 0.05) is 19.3 Å². The van der Waals surface area contributed by atoms with Crippen molar-refractivity contribution < 1.29 is 13.6 Å². The predicted molar refractivity (Wildman–Crippen MR) is 68.6 cm³/mol. The van der Waals surface area contributed by atoms with Crippen LogP contribution in [0.4, 0.5) is 8.78 Å². The monoisotopic (exact) mass is 281 g/mol. The van der Waals surface area contributed by atoms with Crippen LogP contribution >= 0.6 is 0 Å². The average molecular weight is 281 g/mol. The van der Waals surface area contributed by atoms with E-state index < -0.39 is 17.4 Å². The standard InChI is InChI=1S/C14H17F2N3O/c1-9(15)14(2)8-18-4-3-12(19(18)13(14)20)10-5-11(16)7-17-6-10/h5-7,9,12H,3-4,8H2,1-2H3/t9?,12-,14+/m1/s1. The Hall–Kier alpha value is -1.56. The molecule has 2 fully saturated rings. The molecule has 4 nitrogen and oxygen atoms in total. The first kappa shape index (κ1) is 13.4. The number of carbonyl (C=O) groups is 1. The molecule has 0 aromatic carbocycles. The summed E-state index contributed by atoms with van der Waals surface area (Å²) in [5.74, 6) is -0.645. The van der Waals surface area contributed by atoms with Gasteiger partial charge in [0.25, 0.3) is 0 Å². The van der Waals surface area contributed by atoms with E-state index >= 15 is 0 Å². The van der Waals surface area contributed by atoms with Crippen molar-refractivity contribution in [3.63, 3.8) is 0 Å². The summed E-state index contributed by atoms with van der Waals surface area (Å²) in [6.07, 6.45) is 2.20. The number of hydrogen-bond acceptors (Lipinski definition) is 3. The van der Waals surface area contributed by atoms with E-state index in [9.17, 15) is 13.6 Å². The van der Waals surface area contributed by atoms with Crippen LogP contribution in [0.25, 0.3) is 0 Å². The third-order valence-electron chi connectivity index (χ3n) is 4.46. The molecule has 0 aliphatic carbocycles. The van der Waals surface area contributed by atoms with Gasteiger partial charge in [0.15, 0.2) is 0 Å². The van der Waals surface area contributed by atoms with E-state index in [-0.39, 0.29) is 11.9 Å². The van der Waals surface area contributed by atoms with E-state index in [1.165, 1.54) is 13.0 Å². The minimum absolute atomic E-state index is 0.223. The molecule has 3 rings (SSSR count). The fraction of sp³-hybridized carbons (Fsp3) is 0.571. The fourth-order valence-electron chi connectivity index (χ4n) is 3.05. The van der Waals surface area contributed by atoms with Crippen molar-refractivity contribution >= 4 is 5.91 Å². The van der Waals surface area contributed by atoms with Crippen LogP contribution in [-0.2, 0) is 4.79 Å². The Morgan fingerprint density at radius 1 is 1.50 bits per heavy atom. The molecule has 2 saturated heterocycles. The van der Waals surface area contributed by atoms with Gasteiger partial charge in [-0.05, 0) is 31.9 Å². The Kier molecular flexibility index (Phi) is 3.01. The molecule has 0 N–H and O–H groups in total. The number of aromatic nitrogens is 1. The fourth-order valence-corrected chi connectivity index (χ4v) is 3.05. The van der Waals surface area contributed by atoms with Gasteiger partial charge in [0.05, 0.1) is 17.7 Å². The molecule has 0 radical (unpaired) electrons. The lowest BCUT2D eigenvalue weighted by molar-refractivity contribution is -0.144. The number of pyridine rings is 1. The van der Waals surface area contributed by atoms with Crippen molar-refractivity contribution in [3.8, 4) is 0 Å². The first-order chi connectivity index (χ1) is 9.43. The van der Waals surface area contributed by atoms with Gasteiger partial charge in [-0.1, -0.05) is 0 Å². The van der Waals surface area contributed by atoms with Gasteiger partial charge in [0.1, 0.15) is 12.0 Å². The molecule has 108 valence electrons. The van der Waals surface area contributed by atoms with Crippen LogP contribution < -0.4 is 0 Å². The summed E-state index contributed by atoms with van der Waals surface area (Å²) in [6, 6.07) is 1.15. The Balaban J connectivity index is 1.93. The molecule has 2 aliphatic rings. The van der Waals surface area contributed by atoms with Crippen LogP contribution in [0.1, 0.15) is 31.9 Å². The SMILES string of the molecule is CC(F)[C@]1(C)CN2CC[C@H](c3cncc(F)c3)N2C1=O. The lowest BCUT2D eigenvalue weighted by atomic mass is 9.85. The molecule has 6 heteroatoms. The maximum Gasteiger partial charge on any atom is 0.247 e. The maximum atomic E-state index is 13.8. The average Bonchev–Trinajstić information content (AvgIpc) is 2.90. The molecule has 3 atom stereocenters. The number of hydrazine groups is 1. The molecule has 1 aromatic heterocycles. The highest BCUT2D eigenvalue weighted by Crippen LogP contribution is 2.44. The largest absolute Gasteiger partial charge is 0.273 e. The van der Waals surface area contributed by atoms with Gasteiger partial charge >= 0.3 is 0 Å². The third kappa shape index (κ3) is 1.82. The van der Waals surface area contributed by atoms with Crippen molar-refractivity contribution in [2.75, 3.05) is 13.1 Å². The van der Waals surface area contributed by atoms with Gasteiger partial charge < -0.3 is 0 Å². The number of carbonyl (C=O) groups excluding carboxylic acids is 1. The van der Waals surface area contributed by atoms with Crippen molar-refractivity contribution in [1.29, 1.82) is 0 Å². The summed E-state index contributed by atoms with van der Waals surface area (Å²) in [7, 11) is 0. The zero-order chi connectivity index (χ0) is 14.5. The molecular formula is C14H17F2N3O. The zero-order valence-electron chi connectivity index (χ0n) is 11.5. The first-order valence-corrected chi connectivity index (χ1v) is 6.76. The van der Waals surface area contributed by atoms with Crippen LogP contribution in [0.5, 0.6) is 0 Å². The molecule has 0 saturated carbocycles. The normalized spacial score (nSPS) is 31.7. The van der Waals surface area contributed by atoms with Crippen molar-refractivity contribution in [2.45, 2.75) is 32.5 Å². The Labute approximate surface area is 116 Å². The number of amides is 1. The summed E-state index contributed by atoms with van der Waals surface area (Å²) in [5, 5.41) is 3.46. The second-order valence-electron chi connectivity index (χ2n) is 5.81. The van der Waals surface area contributed by atoms with Crippen LogP contribution in [0, 0.1) is 11.2 Å². The van der Waals surface area contributed by atoms with E-state index in [1.54, 1.807) is 18.1 Å². The number of nitrogens with zero attached hydrogens (tertiary/aromatic N) is 3. The maximum absolute atomic E-state index is 13.8. The second kappa shape index (κ2) is 4.48. The van der Waals surface area contributed by atoms with Crippen molar-refractivity contribution in [1.82, 2.24) is 15.0 Å². The van der Waals surface area contributed by atoms with E-state index in [1.807, 2.05) is 5.01 Å². The van der Waals surface area contributed by atoms with Gasteiger partial charge in [-0.3, -0.25) is 14.8 Å². The Morgan fingerprint density at radius 2 is 2.25 bits per heavy atom. The van der Waals surface area contributed by atoms with Crippen molar-refractivity contribution in [2.24, 2.45) is 5.41 Å². The van der Waals surface area contributed by atoms with Gasteiger partial charge in [0.2, 0.25) is 5.91 Å². The molecular weight excluding hydrogens is 264 g/mol. The highest BCUT2D eigenvalue weighted by atomic mass is 19.1. The first-order valence-electron chi connectivity index (χ1n) is 6.76. The highest BCUT2D eigenvalue weighted by molar-refractivity contribution is 5.85. The molecule has 0 bridgehead atoms. The van der Waals surface area contributed by atoms with Crippen LogP contribution in [0.2, 0.25) is 0 Å². The number of alkyl halides is 1. The topological polar surface area (TPSA) is 36.4 Å². The van der Waals surface area contributed by atoms with Crippen LogP contribution in [0.15, 0.2) is 18.5 Å². The van der Waals surface area contributed by atoms with E-state index in [0.29, 0.717) is 25.1 Å². The van der Waals surface area contributed by atoms with E-state index in [4.69, 9.17) is 0 Å². The van der Waals surface area contributed by atoms with Crippen LogP contribution in [0.3, 0.4) is 0 Å². The summed E-state index contributed by atoms with van der Waals surface area (Å²) < 4.78 is 27.1. The third-order valence-corrected chi connectivity index (χ3v) is 4.46. The predicted octanol–water partition coefficient (Wildman–Crippen LogP) is 2.09. The smallest absolute Gasteiger partial charge is 0.247 e. The van der Waals surface area contributed by atoms with E-state index in [2.05, 4.69) is 4.98 Å². The highest BCUT2D eigenvalue weighted by Gasteiger charge is 2.55. The minimum Gasteiger partial charge on any atom is -0.273 e. The number of hydrogen-bond donors (Lipinski definition) is 0. The van der Waals surface area contributed by atoms with Gasteiger partial charge in [-0.2, -0.15) is 0 Å². The Morgan fingerprint density at radius 3 is 2.90 bits per heavy atom. The molecule has 1 amide bonds. The van der Waals surface area contributed by atoms with E-state index in [0.717, 1.165) is 6.20 Å². The molecule has 1 aromatic rings. The molecule has 3 heterocycles. The minimum atomic E-state index is -1.22. The molecule has 20 heavy (non-hydrogen) atoms. The number of halogens is 2. The van der Waals surface area contributed by atoms with Crippen molar-refractivity contribution in [3.05, 3.63) is 29.8 Å². The number of fused-ring (bicyclic) bond motifs is 1. The van der Waals surface area contributed by atoms with Gasteiger partial charge in [-0.15, -0.1) is 0 Å². The molecule has 0 spiro atoms. The van der Waals surface area contributed by atoms with Crippen LogP contribution in [-0.4, -0.2) is 40.2 Å². The summed E-state index contributed by atoms with van der Waals surface area (Å²) in [5.41, 5.74) is -0.351. The number of rotatable bonds is 2. The summed E-state index contributed by atoms with van der Waals surface area (Å²) in [4.78, 5) is 16.4. The lowest BCUT2D eigenvalue weighted by Gasteiger charge is -2.27. The Bertz CT molecular complexity index is 551. The second-order valence-corrected chi connectivity index (χ2v) is 5.81. The zero-order valence-corrected chi connectivity index (χ0v) is 11.5. The summed E-state index contributed by atoms with van der Waals surface area (Å²) in [6.45, 7) is 4.12. The quantitative estimate of drug-likeness (QED) is 0.833. The molecule has 2 aliphatic heterocycles.